The lowest BCUT2D eigenvalue weighted by molar-refractivity contribution is -0.122. The molecule has 0 radical (unpaired) electrons. The zero-order valence-corrected chi connectivity index (χ0v) is 14.9. The van der Waals surface area contributed by atoms with E-state index in [0.29, 0.717) is 17.9 Å². The van der Waals surface area contributed by atoms with Gasteiger partial charge in [0, 0.05) is 23.6 Å². The van der Waals surface area contributed by atoms with Crippen molar-refractivity contribution >= 4 is 23.7 Å². The summed E-state index contributed by atoms with van der Waals surface area (Å²) in [6.45, 7) is 5.89. The molecule has 23 heavy (non-hydrogen) atoms. The van der Waals surface area contributed by atoms with Crippen LogP contribution in [0.5, 0.6) is 0 Å². The van der Waals surface area contributed by atoms with Crippen LogP contribution < -0.4 is 5.32 Å². The fourth-order valence-corrected chi connectivity index (χ4v) is 3.56. The molecule has 3 nitrogen and oxygen atoms in total. The molecule has 1 aliphatic rings. The number of amides is 1. The smallest absolute Gasteiger partial charge is 0.241 e. The summed E-state index contributed by atoms with van der Waals surface area (Å²) in [7, 11) is 0. The first-order valence-corrected chi connectivity index (χ1v) is 9.36. The first kappa shape index (κ1) is 18.3. The average molecular weight is 338 g/mol. The van der Waals surface area contributed by atoms with Crippen LogP contribution in [0, 0.1) is 13.8 Å². The van der Waals surface area contributed by atoms with Gasteiger partial charge in [-0.25, -0.2) is 0 Å². The highest BCUT2D eigenvalue weighted by Crippen LogP contribution is 2.23. The Labute approximate surface area is 143 Å². The number of aryl methyl sites for hydroxylation is 2. The lowest BCUT2D eigenvalue weighted by Crippen LogP contribution is -2.47. The van der Waals surface area contributed by atoms with Crippen LogP contribution in [0.2, 0.25) is 0 Å². The number of carbonyl (C=O) groups is 1. The molecule has 1 unspecified atom stereocenters. The average Bonchev–Trinajstić information content (AvgIpc) is 2.55. The summed E-state index contributed by atoms with van der Waals surface area (Å²) in [5.74, 6) is 0.648. The highest BCUT2D eigenvalue weighted by Gasteiger charge is 2.28. The van der Waals surface area contributed by atoms with Crippen LogP contribution in [-0.4, -0.2) is 35.7 Å². The fourth-order valence-electron chi connectivity index (χ4n) is 3.25. The lowest BCUT2D eigenvalue weighted by atomic mass is 10.00. The summed E-state index contributed by atoms with van der Waals surface area (Å²) in [6.07, 6.45) is 4.97. The van der Waals surface area contributed by atoms with Gasteiger partial charge in [-0.1, -0.05) is 24.6 Å². The number of anilines is 1. The van der Waals surface area contributed by atoms with Crippen LogP contribution in [0.15, 0.2) is 18.2 Å². The molecule has 1 saturated heterocycles. The number of rotatable bonds is 7. The Balaban J connectivity index is 1.97. The van der Waals surface area contributed by atoms with Crippen molar-refractivity contribution in [1.29, 1.82) is 0 Å². The number of nitrogens with one attached hydrogen (secondary N) is 1. The second-order valence-electron chi connectivity index (χ2n) is 6.32. The van der Waals surface area contributed by atoms with E-state index in [9.17, 15) is 8.68 Å². The number of unbranched alkanes of at least 4 members (excludes halogenated alkanes) is 1. The number of nitrogens with zero attached hydrogens (tertiary/aromatic N) is 1. The van der Waals surface area contributed by atoms with Crippen molar-refractivity contribution < 1.29 is 8.68 Å². The molecule has 1 amide bonds. The van der Waals surface area contributed by atoms with Gasteiger partial charge < -0.3 is 5.32 Å². The molecule has 0 aromatic heterocycles. The van der Waals surface area contributed by atoms with Gasteiger partial charge in [0.15, 0.2) is 0 Å². The molecule has 0 aliphatic carbocycles. The van der Waals surface area contributed by atoms with Gasteiger partial charge in [-0.3, -0.25) is 9.69 Å². The van der Waals surface area contributed by atoms with Gasteiger partial charge in [0.05, 0.1) is 6.04 Å². The van der Waals surface area contributed by atoms with Crippen LogP contribution in [0.1, 0.15) is 43.2 Å². The van der Waals surface area contributed by atoms with E-state index in [1.54, 1.807) is 0 Å². The van der Waals surface area contributed by atoms with E-state index >= 15 is 0 Å². The fraction of sp³-hybridized carbons (Fsp3) is 0.611. The number of hydrogen-bond donors (Lipinski definition) is 1. The maximum Gasteiger partial charge on any atom is 0.241 e. The first-order chi connectivity index (χ1) is 11.1. The topological polar surface area (TPSA) is 32.3 Å². The van der Waals surface area contributed by atoms with E-state index in [4.69, 9.17) is 0 Å². The molecule has 1 aromatic rings. The molecule has 1 aliphatic heterocycles. The molecule has 0 bridgehead atoms. The molecule has 5 heteroatoms. The van der Waals surface area contributed by atoms with Gasteiger partial charge in [-0.15, -0.1) is 0 Å². The predicted octanol–water partition coefficient (Wildman–Crippen LogP) is 4.49. The summed E-state index contributed by atoms with van der Waals surface area (Å²) in [4.78, 5) is 15.0. The Morgan fingerprint density at radius 2 is 2.04 bits per heavy atom. The van der Waals surface area contributed by atoms with Crippen molar-refractivity contribution in [1.82, 2.24) is 4.90 Å². The van der Waals surface area contributed by atoms with Crippen molar-refractivity contribution in [2.24, 2.45) is 0 Å². The maximum atomic E-state index is 12.8. The van der Waals surface area contributed by atoms with E-state index in [1.165, 1.54) is 0 Å². The standard InChI is InChI=1S/C18H27FN2OS/c1-14-8-7-9-15(2)17(14)20-18(22)16-10-3-4-11-21(16)12-5-6-13-23-19/h7-9,16H,3-6,10-13H2,1-2H3,(H,20,22). The van der Waals surface area contributed by atoms with Crippen LogP contribution in [0.25, 0.3) is 0 Å². The third-order valence-corrected chi connectivity index (χ3v) is 5.01. The van der Waals surface area contributed by atoms with Crippen LogP contribution in [0.3, 0.4) is 0 Å². The minimum Gasteiger partial charge on any atom is -0.324 e. The van der Waals surface area contributed by atoms with Gasteiger partial charge in [0.2, 0.25) is 5.91 Å². The first-order valence-electron chi connectivity index (χ1n) is 8.48. The Morgan fingerprint density at radius 3 is 2.74 bits per heavy atom. The second-order valence-corrected chi connectivity index (χ2v) is 6.95. The second kappa shape index (κ2) is 9.28. The van der Waals surface area contributed by atoms with E-state index < -0.39 is 0 Å². The van der Waals surface area contributed by atoms with Gasteiger partial charge in [0.25, 0.3) is 0 Å². The number of piperidine rings is 1. The SMILES string of the molecule is Cc1cccc(C)c1NC(=O)C1CCCCN1CCCCSF. The summed E-state index contributed by atoms with van der Waals surface area (Å²) in [5.41, 5.74) is 3.14. The summed E-state index contributed by atoms with van der Waals surface area (Å²) in [5, 5.41) is 3.14. The monoisotopic (exact) mass is 338 g/mol. The molecule has 2 rings (SSSR count). The molecule has 1 atom stereocenters. The maximum absolute atomic E-state index is 12.8. The van der Waals surface area contributed by atoms with Gasteiger partial charge >= 0.3 is 0 Å². The van der Waals surface area contributed by atoms with Crippen molar-refractivity contribution in [3.63, 3.8) is 0 Å². The summed E-state index contributed by atoms with van der Waals surface area (Å²) >= 11 is 0.403. The molecule has 0 saturated carbocycles. The van der Waals surface area contributed by atoms with Crippen LogP contribution >= 0.6 is 12.1 Å². The Morgan fingerprint density at radius 1 is 1.30 bits per heavy atom. The van der Waals surface area contributed by atoms with Crippen LogP contribution in [0.4, 0.5) is 9.57 Å². The number of para-hydroxylation sites is 1. The Hall–Kier alpha value is -1.07. The number of likely N-dealkylation sites (tertiary alicyclic amines) is 1. The zero-order chi connectivity index (χ0) is 16.7. The largest absolute Gasteiger partial charge is 0.324 e. The van der Waals surface area contributed by atoms with Gasteiger partial charge in [-0.05, 0) is 63.7 Å². The Kier molecular flexibility index (Phi) is 7.37. The summed E-state index contributed by atoms with van der Waals surface area (Å²) < 4.78 is 12.1. The van der Waals surface area contributed by atoms with Crippen molar-refractivity contribution in [3.8, 4) is 0 Å². The van der Waals surface area contributed by atoms with Crippen molar-refractivity contribution in [2.45, 2.75) is 52.0 Å². The van der Waals surface area contributed by atoms with E-state index in [1.807, 2.05) is 32.0 Å². The minimum absolute atomic E-state index is 0.0548. The third kappa shape index (κ3) is 5.21. The lowest BCUT2D eigenvalue weighted by Gasteiger charge is -2.34. The quantitative estimate of drug-likeness (QED) is 0.743. The van der Waals surface area contributed by atoms with Crippen molar-refractivity contribution in [2.75, 3.05) is 24.2 Å². The molecule has 1 aromatic carbocycles. The minimum atomic E-state index is -0.0548. The molecule has 1 heterocycles. The number of halogens is 1. The van der Waals surface area contributed by atoms with E-state index in [-0.39, 0.29) is 11.9 Å². The van der Waals surface area contributed by atoms with Gasteiger partial charge in [-0.2, -0.15) is 3.89 Å². The molecule has 1 N–H and O–H groups in total. The molecular weight excluding hydrogens is 311 g/mol. The van der Waals surface area contributed by atoms with Crippen LogP contribution in [-0.2, 0) is 4.79 Å². The Bertz CT molecular complexity index is 503. The summed E-state index contributed by atoms with van der Waals surface area (Å²) in [6, 6.07) is 6.00. The number of carbonyl (C=O) groups excluding carboxylic acids is 1. The van der Waals surface area contributed by atoms with E-state index in [2.05, 4.69) is 10.2 Å². The molecule has 128 valence electrons. The highest BCUT2D eigenvalue weighted by atomic mass is 32.2. The van der Waals surface area contributed by atoms with Crippen molar-refractivity contribution in [3.05, 3.63) is 29.3 Å². The number of hydrogen-bond acceptors (Lipinski definition) is 3. The van der Waals surface area contributed by atoms with E-state index in [0.717, 1.165) is 62.0 Å². The molecule has 1 fully saturated rings. The van der Waals surface area contributed by atoms with Gasteiger partial charge in [0.1, 0.15) is 0 Å². The molecule has 0 spiro atoms. The third-order valence-electron chi connectivity index (χ3n) is 4.56. The highest BCUT2D eigenvalue weighted by molar-refractivity contribution is 7.94. The molecular formula is C18H27FN2OS. The normalized spacial score (nSPS) is 18.8. The predicted molar refractivity (Wildman–Crippen MR) is 96.6 cm³/mol. The zero-order valence-electron chi connectivity index (χ0n) is 14.1. The number of benzene rings is 1.